The zero-order valence-corrected chi connectivity index (χ0v) is 27.4. The van der Waals surface area contributed by atoms with Crippen LogP contribution in [0.5, 0.6) is 11.5 Å². The summed E-state index contributed by atoms with van der Waals surface area (Å²) in [5.41, 5.74) is 4.67. The fourth-order valence-corrected chi connectivity index (χ4v) is 7.09. The molecule has 0 aliphatic carbocycles. The molecule has 0 unspecified atom stereocenters. The first-order chi connectivity index (χ1) is 20.9. The predicted octanol–water partition coefficient (Wildman–Crippen LogP) is 6.27. The van der Waals surface area contributed by atoms with Crippen LogP contribution in [0.25, 0.3) is 21.9 Å². The van der Waals surface area contributed by atoms with E-state index in [1.165, 1.54) is 30.8 Å². The molecule has 0 saturated carbocycles. The van der Waals surface area contributed by atoms with Gasteiger partial charge in [0.25, 0.3) is 5.01 Å². The van der Waals surface area contributed by atoms with Crippen LogP contribution in [0.2, 0.25) is 0 Å². The molecule has 0 atom stereocenters. The van der Waals surface area contributed by atoms with Crippen LogP contribution in [-0.4, -0.2) is 76.8 Å². The standard InChI is InChI=1S/C34H40N5O2S2/c1-36(2)19-21-38-29-11-9-27(40-5)23-31(29)42-33(38)13-7-25(26-15-17-35-18-16-26)8-14-34-39(22-20-37(3)4)30-12-10-28(41-6)24-32(30)43-34/h7-18,23-24H,19-22H2,1-6H3/q+1. The minimum atomic E-state index is 0.875. The number of anilines is 1. The maximum atomic E-state index is 5.52. The van der Waals surface area contributed by atoms with Crippen molar-refractivity contribution in [3.8, 4) is 11.5 Å². The van der Waals surface area contributed by atoms with Crippen LogP contribution in [0.15, 0.2) is 89.1 Å². The molecular formula is C34H40N5O2S2+. The summed E-state index contributed by atoms with van der Waals surface area (Å²) < 4.78 is 14.6. The number of benzene rings is 2. The maximum Gasteiger partial charge on any atom is 0.262 e. The van der Waals surface area contributed by atoms with Gasteiger partial charge in [-0.25, -0.2) is 0 Å². The molecule has 5 rings (SSSR count). The van der Waals surface area contributed by atoms with Crippen molar-refractivity contribution in [1.82, 2.24) is 14.8 Å². The lowest BCUT2D eigenvalue weighted by Gasteiger charge is -2.22. The molecule has 224 valence electrons. The van der Waals surface area contributed by atoms with E-state index in [0.29, 0.717) is 0 Å². The number of hydrogen-bond acceptors (Lipinski definition) is 8. The molecule has 0 N–H and O–H groups in total. The Morgan fingerprint density at radius 1 is 0.930 bits per heavy atom. The summed E-state index contributed by atoms with van der Waals surface area (Å²) in [6.45, 7) is 3.70. The Bertz CT molecular complexity index is 1640. The molecule has 9 heteroatoms. The first kappa shape index (κ1) is 30.8. The van der Waals surface area contributed by atoms with E-state index >= 15 is 0 Å². The summed E-state index contributed by atoms with van der Waals surface area (Å²) in [5, 5.41) is 2.39. The first-order valence-corrected chi connectivity index (χ1v) is 15.9. The van der Waals surface area contributed by atoms with Crippen molar-refractivity contribution in [2.75, 3.05) is 66.9 Å². The number of likely N-dealkylation sites (N-methyl/N-ethyl adjacent to an activating group) is 2. The van der Waals surface area contributed by atoms with E-state index in [9.17, 15) is 0 Å². The molecule has 0 bridgehead atoms. The van der Waals surface area contributed by atoms with Crippen molar-refractivity contribution in [2.45, 2.75) is 11.4 Å². The van der Waals surface area contributed by atoms with Gasteiger partial charge in [0.1, 0.15) is 16.2 Å². The highest BCUT2D eigenvalue weighted by molar-refractivity contribution is 8.03. The van der Waals surface area contributed by atoms with Crippen LogP contribution in [0.4, 0.5) is 5.69 Å². The highest BCUT2D eigenvalue weighted by atomic mass is 32.2. The van der Waals surface area contributed by atoms with Gasteiger partial charge < -0.3 is 24.2 Å². The number of fused-ring (bicyclic) bond motifs is 2. The fraction of sp³-hybridized carbons (Fsp3) is 0.294. The van der Waals surface area contributed by atoms with Crippen LogP contribution >= 0.6 is 23.1 Å². The third-order valence-electron chi connectivity index (χ3n) is 7.24. The van der Waals surface area contributed by atoms with Crippen LogP contribution < -0.4 is 18.9 Å². The third kappa shape index (κ3) is 7.48. The molecule has 0 spiro atoms. The molecule has 0 saturated heterocycles. The Hall–Kier alpha value is -3.63. The number of thioether (sulfide) groups is 1. The molecule has 7 nitrogen and oxygen atoms in total. The van der Waals surface area contributed by atoms with Gasteiger partial charge >= 0.3 is 0 Å². The van der Waals surface area contributed by atoms with Gasteiger partial charge in [-0.1, -0.05) is 29.2 Å². The molecule has 1 aliphatic heterocycles. The molecule has 3 heterocycles. The van der Waals surface area contributed by atoms with Crippen molar-refractivity contribution in [1.29, 1.82) is 0 Å². The monoisotopic (exact) mass is 614 g/mol. The Labute approximate surface area is 263 Å². The maximum absolute atomic E-state index is 5.52. The second-order valence-corrected chi connectivity index (χ2v) is 12.9. The predicted molar refractivity (Wildman–Crippen MR) is 181 cm³/mol. The Morgan fingerprint density at radius 3 is 2.37 bits per heavy atom. The molecule has 0 amide bonds. The quantitative estimate of drug-likeness (QED) is 0.138. The molecule has 2 aromatic carbocycles. The van der Waals surface area contributed by atoms with Gasteiger partial charge in [0.2, 0.25) is 5.52 Å². The fourth-order valence-electron chi connectivity index (χ4n) is 4.85. The number of thiazole rings is 1. The van der Waals surface area contributed by atoms with Crippen molar-refractivity contribution < 1.29 is 14.0 Å². The summed E-state index contributed by atoms with van der Waals surface area (Å²) in [4.78, 5) is 12.3. The number of methoxy groups -OCH3 is 2. The summed E-state index contributed by atoms with van der Waals surface area (Å²) in [5.74, 6) is 1.75. The smallest absolute Gasteiger partial charge is 0.262 e. The lowest BCUT2D eigenvalue weighted by Crippen LogP contribution is -2.39. The van der Waals surface area contributed by atoms with Gasteiger partial charge in [0.15, 0.2) is 6.54 Å². The SMILES string of the molecule is COc1ccc2c(c1)S\C(=C/C=C(/C=C/c1sc3cc(OC)ccc3[n+]1CCN(C)C)c1ccncc1)N2CCN(C)C. The van der Waals surface area contributed by atoms with Crippen LogP contribution in [-0.2, 0) is 6.54 Å². The van der Waals surface area contributed by atoms with Gasteiger partial charge in [-0.2, -0.15) is 4.57 Å². The van der Waals surface area contributed by atoms with E-state index < -0.39 is 0 Å². The Morgan fingerprint density at radius 2 is 1.65 bits per heavy atom. The number of allylic oxidation sites excluding steroid dienone is 4. The minimum Gasteiger partial charge on any atom is -0.497 e. The van der Waals surface area contributed by atoms with Gasteiger partial charge in [0, 0.05) is 48.6 Å². The Balaban J connectivity index is 1.53. The average Bonchev–Trinajstić information content (AvgIpc) is 3.55. The molecule has 43 heavy (non-hydrogen) atoms. The second kappa shape index (κ2) is 14.2. The largest absolute Gasteiger partial charge is 0.497 e. The summed E-state index contributed by atoms with van der Waals surface area (Å²) in [7, 11) is 11.9. The van der Waals surface area contributed by atoms with Crippen LogP contribution in [0.1, 0.15) is 10.6 Å². The molecule has 0 fully saturated rings. The number of aromatic nitrogens is 2. The van der Waals surface area contributed by atoms with E-state index in [-0.39, 0.29) is 0 Å². The second-order valence-electron chi connectivity index (χ2n) is 10.8. The zero-order valence-electron chi connectivity index (χ0n) is 25.8. The number of hydrogen-bond donors (Lipinski definition) is 0. The van der Waals surface area contributed by atoms with Crippen LogP contribution in [0, 0.1) is 0 Å². The highest BCUT2D eigenvalue weighted by Crippen LogP contribution is 2.47. The molecule has 0 radical (unpaired) electrons. The lowest BCUT2D eigenvalue weighted by atomic mass is 10.1. The van der Waals surface area contributed by atoms with E-state index in [1.807, 2.05) is 24.5 Å². The van der Waals surface area contributed by atoms with E-state index in [4.69, 9.17) is 9.47 Å². The van der Waals surface area contributed by atoms with Crippen molar-refractivity contribution in [3.05, 3.63) is 94.8 Å². The minimum absolute atomic E-state index is 0.875. The highest BCUT2D eigenvalue weighted by Gasteiger charge is 2.25. The normalized spacial score (nSPS) is 14.6. The lowest BCUT2D eigenvalue weighted by molar-refractivity contribution is -0.668. The number of ether oxygens (including phenoxy) is 2. The number of rotatable bonds is 12. The average molecular weight is 615 g/mol. The molecule has 1 aliphatic rings. The van der Waals surface area contributed by atoms with Crippen molar-refractivity contribution in [3.63, 3.8) is 0 Å². The van der Waals surface area contributed by atoms with Gasteiger partial charge in [0.05, 0.1) is 31.5 Å². The van der Waals surface area contributed by atoms with E-state index in [0.717, 1.165) is 48.8 Å². The summed E-state index contributed by atoms with van der Waals surface area (Å²) in [6.07, 6.45) is 12.6. The summed E-state index contributed by atoms with van der Waals surface area (Å²) in [6, 6.07) is 16.8. The zero-order chi connectivity index (χ0) is 30.3. The molecule has 2 aromatic heterocycles. The van der Waals surface area contributed by atoms with Gasteiger partial charge in [-0.05, 0) is 87.9 Å². The van der Waals surface area contributed by atoms with Crippen molar-refractivity contribution >= 4 is 50.7 Å². The van der Waals surface area contributed by atoms with Crippen molar-refractivity contribution in [2.24, 2.45) is 0 Å². The summed E-state index contributed by atoms with van der Waals surface area (Å²) >= 11 is 3.57. The number of pyridine rings is 1. The van der Waals surface area contributed by atoms with Gasteiger partial charge in [-0.15, -0.1) is 0 Å². The molecular weight excluding hydrogens is 575 g/mol. The number of nitrogens with zero attached hydrogens (tertiary/aromatic N) is 5. The van der Waals surface area contributed by atoms with Gasteiger partial charge in [-0.3, -0.25) is 4.98 Å². The van der Waals surface area contributed by atoms with E-state index in [1.54, 1.807) is 37.3 Å². The third-order valence-corrected chi connectivity index (χ3v) is 9.47. The van der Waals surface area contributed by atoms with Crippen LogP contribution in [0.3, 0.4) is 0 Å². The molecule has 4 aromatic rings. The first-order valence-electron chi connectivity index (χ1n) is 14.3. The Kier molecular flexibility index (Phi) is 10.2. The van der Waals surface area contributed by atoms with E-state index in [2.05, 4.69) is 113 Å². The topological polar surface area (TPSA) is 45.0 Å².